The Morgan fingerprint density at radius 1 is 0.800 bits per heavy atom. The first kappa shape index (κ1) is 71.1. The van der Waals surface area contributed by atoms with Crippen molar-refractivity contribution in [1.29, 1.82) is 0 Å². The van der Waals surface area contributed by atoms with E-state index in [4.69, 9.17) is 29.0 Å². The Kier molecular flexibility index (Phi) is 35.7. The molecule has 0 radical (unpaired) electrons. The minimum absolute atomic E-state index is 0.000333. The van der Waals surface area contributed by atoms with Crippen molar-refractivity contribution in [3.05, 3.63) is 47.1 Å². The minimum Gasteiger partial charge on any atom is -0.462 e. The van der Waals surface area contributed by atoms with Crippen molar-refractivity contribution in [3.63, 3.8) is 0 Å². The first-order chi connectivity index (χ1) is 38.3. The van der Waals surface area contributed by atoms with Crippen LogP contribution in [0.4, 0.5) is 5.82 Å². The van der Waals surface area contributed by atoms with Crippen molar-refractivity contribution >= 4 is 39.2 Å². The number of nitrogens with zero attached hydrogens (tertiary/aromatic N) is 2. The number of fused-ring (bicyclic) bond motifs is 3. The minimum atomic E-state index is -5.73. The zero-order valence-corrected chi connectivity index (χ0v) is 49.8. The van der Waals surface area contributed by atoms with E-state index in [1.54, 1.807) is 12.2 Å². The van der Waals surface area contributed by atoms with Crippen LogP contribution in [0.3, 0.4) is 0 Å². The molecule has 2 bridgehead atoms. The zero-order valence-electron chi connectivity index (χ0n) is 48.0. The Morgan fingerprint density at radius 3 is 1.96 bits per heavy atom. The van der Waals surface area contributed by atoms with Gasteiger partial charge in [-0.15, -0.1) is 0 Å². The number of unbranched alkanes of at least 4 members (excludes halogenated alkanes) is 19. The Hall–Kier alpha value is -3.17. The summed E-state index contributed by atoms with van der Waals surface area (Å²) in [5.41, 5.74) is 4.76. The number of anilines is 1. The first-order valence-corrected chi connectivity index (χ1v) is 32.8. The van der Waals surface area contributed by atoms with Gasteiger partial charge in [0.15, 0.2) is 6.10 Å². The number of carbonyl (C=O) groups excluding carboxylic acids is 3. The fourth-order valence-electron chi connectivity index (χ4n) is 9.81. The molecule has 12 atom stereocenters. The summed E-state index contributed by atoms with van der Waals surface area (Å²) in [6, 6.07) is 1.23. The number of cyclic esters (lactones) is 1. The number of aliphatic hydroxyl groups excluding tert-OH is 4. The topological polar surface area (TPSA) is 323 Å². The zero-order chi connectivity index (χ0) is 58.8. The summed E-state index contributed by atoms with van der Waals surface area (Å²) in [6.45, 7) is 3.84. The Bertz CT molecular complexity index is 2130. The van der Waals surface area contributed by atoms with Gasteiger partial charge in [-0.05, 0) is 44.1 Å². The molecule has 21 nitrogen and oxygen atoms in total. The molecule has 0 saturated carbocycles. The van der Waals surface area contributed by atoms with Crippen molar-refractivity contribution < 1.29 is 81.3 Å². The van der Waals surface area contributed by atoms with Crippen molar-refractivity contribution in [3.8, 4) is 0 Å². The molecule has 3 unspecified atom stereocenters. The number of rotatable bonds is 30. The SMILES string of the molecule is CCCCC[C@H](O)C=C[C@H]1C(=O)C[C@H](O)[C@@H]2C/C=C\CCCC(=O)OC[C@@H](OC(=O)CCCCCCCCCCCCCCCCCCCCC(C)CC)COP(=O)(O)OP(=O)(O)OC[C@@H](O[C@H]2n2ccc(N)nc2=O)[C@@H](O)[C@H]1O. The molecule has 1 aromatic heterocycles. The fourth-order valence-corrected chi connectivity index (χ4v) is 11.9. The summed E-state index contributed by atoms with van der Waals surface area (Å²) >= 11 is 0. The van der Waals surface area contributed by atoms with Crippen LogP contribution in [0.25, 0.3) is 0 Å². The predicted molar refractivity (Wildman–Crippen MR) is 304 cm³/mol. The van der Waals surface area contributed by atoms with Gasteiger partial charge in [0, 0.05) is 31.4 Å². The summed E-state index contributed by atoms with van der Waals surface area (Å²) in [5.74, 6) is -4.36. The Morgan fingerprint density at radius 2 is 1.38 bits per heavy atom. The van der Waals surface area contributed by atoms with Gasteiger partial charge in [-0.25, -0.2) is 13.9 Å². The van der Waals surface area contributed by atoms with Gasteiger partial charge >= 0.3 is 33.3 Å². The van der Waals surface area contributed by atoms with E-state index >= 15 is 0 Å². The molecule has 2 aliphatic heterocycles. The third-order valence-corrected chi connectivity index (χ3v) is 17.5. The molecule has 1 fully saturated rings. The third-order valence-electron chi connectivity index (χ3n) is 14.9. The highest BCUT2D eigenvalue weighted by molar-refractivity contribution is 7.61. The van der Waals surface area contributed by atoms with E-state index in [-0.39, 0.29) is 37.9 Å². The van der Waals surface area contributed by atoms with Crippen LogP contribution in [0.2, 0.25) is 0 Å². The molecular weight excluding hydrogens is 1080 g/mol. The van der Waals surface area contributed by atoms with Gasteiger partial charge in [0.05, 0.1) is 37.4 Å². The molecule has 23 heteroatoms. The average molecular weight is 1180 g/mol. The van der Waals surface area contributed by atoms with Crippen LogP contribution in [0.1, 0.15) is 220 Å². The highest BCUT2D eigenvalue weighted by Crippen LogP contribution is 2.60. The lowest BCUT2D eigenvalue weighted by atomic mass is 9.83. The first-order valence-electron chi connectivity index (χ1n) is 29.8. The number of nitrogen functional groups attached to an aromatic ring is 1. The quantitative estimate of drug-likeness (QED) is 0.0163. The molecule has 0 aliphatic carbocycles. The molecule has 1 saturated heterocycles. The number of hydrogen-bond donors (Lipinski definition) is 7. The molecule has 8 N–H and O–H groups in total. The lowest BCUT2D eigenvalue weighted by Crippen LogP contribution is -2.51. The van der Waals surface area contributed by atoms with E-state index in [1.165, 1.54) is 121 Å². The van der Waals surface area contributed by atoms with Crippen molar-refractivity contribution in [2.45, 2.75) is 256 Å². The summed E-state index contributed by atoms with van der Waals surface area (Å²) in [7, 11) is -11.3. The van der Waals surface area contributed by atoms with Gasteiger partial charge in [0.2, 0.25) is 0 Å². The number of carbonyl (C=O) groups is 3. The van der Waals surface area contributed by atoms with Crippen LogP contribution in [-0.4, -0.2) is 114 Å². The van der Waals surface area contributed by atoms with E-state index in [0.717, 1.165) is 49.0 Å². The number of phosphoric ester groups is 2. The molecule has 3 rings (SSSR count). The molecule has 2 aliphatic rings. The lowest BCUT2D eigenvalue weighted by Gasteiger charge is -2.39. The number of aromatic nitrogens is 2. The number of nitrogens with two attached hydrogens (primary N) is 1. The van der Waals surface area contributed by atoms with Gasteiger partial charge in [-0.2, -0.15) is 9.29 Å². The van der Waals surface area contributed by atoms with Crippen LogP contribution in [-0.2, 0) is 51.1 Å². The number of phosphoric acid groups is 2. The van der Waals surface area contributed by atoms with E-state index in [9.17, 15) is 58.5 Å². The average Bonchev–Trinajstić information content (AvgIpc) is 3.40. The standard InChI is InChI=1S/C57H99N3O18P2/c1-4-6-25-31-44(61)35-36-46-48(62)39-49(63)47-32-27-23-24-28-33-52(64)73-40-45(76-53(65)34-29-22-20-18-16-14-12-10-8-7-9-11-13-15-17-19-21-26-30-43(3)5-2)41-74-79(69,70)78-80(71,72)75-42-50(55(67)54(46)66)77-56(47)60-38-37-51(58)59-57(60)68/h23,27,35-38,43-47,49-50,54-56,61,63,66-67H,4-22,24-26,28-34,39-42H2,1-3H3,(H,69,70)(H,71,72)(H2,58,59,68)/b27-23-,36-35?/t43?,44-,45+,46-,47-,49-,50+,54-,55+,56+/m0/s1. The maximum atomic E-state index is 14.0. The van der Waals surface area contributed by atoms with Gasteiger partial charge < -0.3 is 50.2 Å². The molecule has 0 amide bonds. The van der Waals surface area contributed by atoms with E-state index in [1.807, 2.05) is 6.92 Å². The van der Waals surface area contributed by atoms with Crippen LogP contribution < -0.4 is 11.4 Å². The molecule has 3 heterocycles. The number of Topliss-reactive ketones (excluding diaryl/α,β-unsaturated/α-hetero) is 1. The summed E-state index contributed by atoms with van der Waals surface area (Å²) in [5, 5.41) is 45.8. The van der Waals surface area contributed by atoms with Crippen molar-refractivity contribution in [1.82, 2.24) is 9.55 Å². The second kappa shape index (κ2) is 40.2. The maximum Gasteiger partial charge on any atom is 0.481 e. The van der Waals surface area contributed by atoms with E-state index in [0.29, 0.717) is 19.3 Å². The summed E-state index contributed by atoms with van der Waals surface area (Å²) < 4.78 is 59.2. The molecule has 0 aromatic carbocycles. The van der Waals surface area contributed by atoms with Crippen LogP contribution >= 0.6 is 15.6 Å². The van der Waals surface area contributed by atoms with Crippen LogP contribution in [0.15, 0.2) is 41.4 Å². The molecule has 80 heavy (non-hydrogen) atoms. The fraction of sp³-hybridized carbons (Fsp3) is 0.807. The normalized spacial score (nSPS) is 28.4. The number of ether oxygens (including phenoxy) is 3. The highest BCUT2D eigenvalue weighted by Gasteiger charge is 2.45. The number of aliphatic hydroxyl groups is 4. The van der Waals surface area contributed by atoms with E-state index < -0.39 is 120 Å². The van der Waals surface area contributed by atoms with Crippen LogP contribution in [0.5, 0.6) is 0 Å². The second-order valence-corrected chi connectivity index (χ2v) is 24.9. The second-order valence-electron chi connectivity index (χ2n) is 21.9. The molecule has 1 aromatic rings. The summed E-state index contributed by atoms with van der Waals surface area (Å²) in [4.78, 5) is 78.4. The number of allylic oxidation sites excluding steroid dienone is 2. The Labute approximate surface area is 475 Å². The van der Waals surface area contributed by atoms with Gasteiger partial charge in [0.25, 0.3) is 0 Å². The molecule has 0 spiro atoms. The highest BCUT2D eigenvalue weighted by atomic mass is 31.3. The molecule has 460 valence electrons. The Balaban J connectivity index is 1.63. The van der Waals surface area contributed by atoms with Crippen molar-refractivity contribution in [2.75, 3.05) is 25.6 Å². The van der Waals surface area contributed by atoms with E-state index in [2.05, 4.69) is 23.1 Å². The monoisotopic (exact) mass is 1180 g/mol. The number of hydrogen-bond acceptors (Lipinski definition) is 18. The number of esters is 2. The van der Waals surface area contributed by atoms with Gasteiger partial charge in [-0.3, -0.25) is 28.0 Å². The predicted octanol–water partition coefficient (Wildman–Crippen LogP) is 10.2. The number of ketones is 1. The maximum absolute atomic E-state index is 14.0. The molecular formula is C57H99N3O18P2. The summed E-state index contributed by atoms with van der Waals surface area (Å²) in [6.07, 6.45) is 21.2. The third kappa shape index (κ3) is 29.9. The van der Waals surface area contributed by atoms with Crippen LogP contribution in [0, 0.1) is 17.8 Å². The van der Waals surface area contributed by atoms with Crippen molar-refractivity contribution in [2.24, 2.45) is 17.8 Å². The lowest BCUT2D eigenvalue weighted by molar-refractivity contribution is -0.186. The smallest absolute Gasteiger partial charge is 0.462 e. The van der Waals surface area contributed by atoms with Gasteiger partial charge in [0.1, 0.15) is 36.6 Å². The largest absolute Gasteiger partial charge is 0.481 e. The van der Waals surface area contributed by atoms with Gasteiger partial charge in [-0.1, -0.05) is 186 Å².